The van der Waals surface area contributed by atoms with E-state index in [9.17, 15) is 5.11 Å². The Hall–Kier alpha value is -0.610. The molecule has 3 nitrogen and oxygen atoms in total. The van der Waals surface area contributed by atoms with Gasteiger partial charge in [-0.2, -0.15) is 0 Å². The minimum Gasteiger partial charge on any atom is -0.395 e. The smallest absolute Gasteiger partial charge is 0.0586 e. The second kappa shape index (κ2) is 7.99. The maximum Gasteiger partial charge on any atom is 0.0586 e. The van der Waals surface area contributed by atoms with E-state index in [1.54, 1.807) is 0 Å². The molecule has 2 atom stereocenters. The van der Waals surface area contributed by atoms with Crippen LogP contribution in [0.2, 0.25) is 5.02 Å². The summed E-state index contributed by atoms with van der Waals surface area (Å²) in [6.07, 6.45) is 4.61. The number of aliphatic hydroxyl groups is 1. The minimum absolute atomic E-state index is 0.268. The molecule has 4 heteroatoms. The lowest BCUT2D eigenvalue weighted by Crippen LogP contribution is -2.43. The average molecular weight is 297 g/mol. The summed E-state index contributed by atoms with van der Waals surface area (Å²) in [5.41, 5.74) is 1.16. The normalized spacial score (nSPS) is 21.9. The number of rotatable bonds is 6. The Morgan fingerprint density at radius 1 is 1.40 bits per heavy atom. The van der Waals surface area contributed by atoms with Crippen LogP contribution in [0.5, 0.6) is 0 Å². The topological polar surface area (TPSA) is 35.5 Å². The molecule has 2 unspecified atom stereocenters. The van der Waals surface area contributed by atoms with Gasteiger partial charge in [0, 0.05) is 23.7 Å². The molecule has 0 aromatic heterocycles. The SMILES string of the molecule is CNC(CCN1CCCCC1CO)c1ccccc1Cl. The van der Waals surface area contributed by atoms with Gasteiger partial charge in [-0.25, -0.2) is 0 Å². The van der Waals surface area contributed by atoms with Crippen molar-refractivity contribution >= 4 is 11.6 Å². The second-order valence-corrected chi connectivity index (χ2v) is 5.93. The van der Waals surface area contributed by atoms with Gasteiger partial charge in [0.05, 0.1) is 6.61 Å². The van der Waals surface area contributed by atoms with Crippen molar-refractivity contribution in [3.63, 3.8) is 0 Å². The molecule has 1 saturated heterocycles. The summed E-state index contributed by atoms with van der Waals surface area (Å²) < 4.78 is 0. The zero-order chi connectivity index (χ0) is 14.4. The molecule has 0 bridgehead atoms. The van der Waals surface area contributed by atoms with Crippen LogP contribution in [0.4, 0.5) is 0 Å². The highest BCUT2D eigenvalue weighted by Crippen LogP contribution is 2.26. The number of halogens is 1. The molecule has 20 heavy (non-hydrogen) atoms. The first-order valence-electron chi connectivity index (χ1n) is 7.53. The van der Waals surface area contributed by atoms with Crippen LogP contribution in [0.1, 0.15) is 37.3 Å². The van der Waals surface area contributed by atoms with Gasteiger partial charge < -0.3 is 10.4 Å². The van der Waals surface area contributed by atoms with Crippen molar-refractivity contribution in [2.45, 2.75) is 37.8 Å². The predicted octanol–water partition coefficient (Wildman–Crippen LogP) is 2.84. The van der Waals surface area contributed by atoms with E-state index in [-0.39, 0.29) is 12.6 Å². The van der Waals surface area contributed by atoms with Crippen LogP contribution in [-0.2, 0) is 0 Å². The lowest BCUT2D eigenvalue weighted by Gasteiger charge is -2.35. The fourth-order valence-electron chi connectivity index (χ4n) is 3.07. The number of piperidine rings is 1. The van der Waals surface area contributed by atoms with Gasteiger partial charge in [-0.1, -0.05) is 36.2 Å². The molecule has 112 valence electrons. The van der Waals surface area contributed by atoms with Gasteiger partial charge in [0.2, 0.25) is 0 Å². The van der Waals surface area contributed by atoms with Crippen LogP contribution in [-0.4, -0.2) is 42.8 Å². The summed E-state index contributed by atoms with van der Waals surface area (Å²) >= 11 is 6.28. The second-order valence-electron chi connectivity index (χ2n) is 5.52. The fourth-order valence-corrected chi connectivity index (χ4v) is 3.34. The molecule has 1 aromatic carbocycles. The summed E-state index contributed by atoms with van der Waals surface area (Å²) in [4.78, 5) is 2.42. The van der Waals surface area contributed by atoms with Crippen LogP contribution in [0.25, 0.3) is 0 Å². The molecule has 1 heterocycles. The Labute approximate surface area is 126 Å². The standard InChI is InChI=1S/C16H25ClN2O/c1-18-16(14-7-2-3-8-15(14)17)9-11-19-10-5-4-6-13(19)12-20/h2-3,7-8,13,16,18,20H,4-6,9-12H2,1H3. The zero-order valence-electron chi connectivity index (χ0n) is 12.2. The Bertz CT molecular complexity index is 413. The number of likely N-dealkylation sites (tertiary alicyclic amines) is 1. The van der Waals surface area contributed by atoms with Crippen molar-refractivity contribution < 1.29 is 5.11 Å². The van der Waals surface area contributed by atoms with Gasteiger partial charge in [0.1, 0.15) is 0 Å². The predicted molar refractivity (Wildman–Crippen MR) is 84.2 cm³/mol. The number of nitrogens with one attached hydrogen (secondary N) is 1. The van der Waals surface area contributed by atoms with Crippen LogP contribution in [0.3, 0.4) is 0 Å². The lowest BCUT2D eigenvalue weighted by molar-refractivity contribution is 0.0867. The molecule has 0 radical (unpaired) electrons. The Morgan fingerprint density at radius 2 is 2.20 bits per heavy atom. The molecule has 1 aliphatic rings. The molecule has 0 spiro atoms. The third-order valence-corrected chi connectivity index (χ3v) is 4.64. The number of aliphatic hydroxyl groups excluding tert-OH is 1. The molecular formula is C16H25ClN2O. The Kier molecular flexibility index (Phi) is 6.30. The van der Waals surface area contributed by atoms with Crippen molar-refractivity contribution in [3.05, 3.63) is 34.9 Å². The molecule has 1 aliphatic heterocycles. The highest BCUT2D eigenvalue weighted by atomic mass is 35.5. The van der Waals surface area contributed by atoms with Gasteiger partial charge in [0.25, 0.3) is 0 Å². The zero-order valence-corrected chi connectivity index (χ0v) is 12.9. The molecule has 1 aromatic rings. The maximum atomic E-state index is 9.47. The van der Waals surface area contributed by atoms with E-state index < -0.39 is 0 Å². The van der Waals surface area contributed by atoms with Gasteiger partial charge in [-0.3, -0.25) is 4.90 Å². The van der Waals surface area contributed by atoms with Gasteiger partial charge in [-0.15, -0.1) is 0 Å². The number of nitrogens with zero attached hydrogens (tertiary/aromatic N) is 1. The molecule has 2 rings (SSSR count). The molecule has 2 N–H and O–H groups in total. The van der Waals surface area contributed by atoms with Crippen LogP contribution in [0, 0.1) is 0 Å². The van der Waals surface area contributed by atoms with Crippen molar-refractivity contribution in [2.75, 3.05) is 26.7 Å². The third kappa shape index (κ3) is 3.95. The van der Waals surface area contributed by atoms with Gasteiger partial charge in [-0.05, 0) is 44.5 Å². The first-order valence-corrected chi connectivity index (χ1v) is 7.90. The van der Waals surface area contributed by atoms with E-state index in [1.165, 1.54) is 12.8 Å². The Morgan fingerprint density at radius 3 is 2.90 bits per heavy atom. The van der Waals surface area contributed by atoms with E-state index in [2.05, 4.69) is 16.3 Å². The van der Waals surface area contributed by atoms with E-state index in [1.807, 2.05) is 25.2 Å². The first-order chi connectivity index (χ1) is 9.76. The molecule has 0 aliphatic carbocycles. The quantitative estimate of drug-likeness (QED) is 0.847. The monoisotopic (exact) mass is 296 g/mol. The van der Waals surface area contributed by atoms with Crippen LogP contribution >= 0.6 is 11.6 Å². The van der Waals surface area contributed by atoms with Crippen molar-refractivity contribution in [2.24, 2.45) is 0 Å². The van der Waals surface area contributed by atoms with E-state index in [0.717, 1.165) is 36.5 Å². The van der Waals surface area contributed by atoms with E-state index in [0.29, 0.717) is 6.04 Å². The van der Waals surface area contributed by atoms with Crippen LogP contribution < -0.4 is 5.32 Å². The summed E-state index contributed by atoms with van der Waals surface area (Å²) in [7, 11) is 1.98. The van der Waals surface area contributed by atoms with Gasteiger partial charge in [0.15, 0.2) is 0 Å². The van der Waals surface area contributed by atoms with Crippen molar-refractivity contribution in [1.29, 1.82) is 0 Å². The summed E-state index contributed by atoms with van der Waals surface area (Å²) in [5, 5.41) is 13.6. The van der Waals surface area contributed by atoms with Crippen LogP contribution in [0.15, 0.2) is 24.3 Å². The number of benzene rings is 1. The highest BCUT2D eigenvalue weighted by Gasteiger charge is 2.22. The minimum atomic E-state index is 0.268. The van der Waals surface area contributed by atoms with Gasteiger partial charge >= 0.3 is 0 Å². The summed E-state index contributed by atoms with van der Waals surface area (Å²) in [5.74, 6) is 0. The fraction of sp³-hybridized carbons (Fsp3) is 0.625. The Balaban J connectivity index is 1.95. The maximum absolute atomic E-state index is 9.47. The number of hydrogen-bond acceptors (Lipinski definition) is 3. The largest absolute Gasteiger partial charge is 0.395 e. The third-order valence-electron chi connectivity index (χ3n) is 4.29. The molecule has 0 amide bonds. The highest BCUT2D eigenvalue weighted by molar-refractivity contribution is 6.31. The lowest BCUT2D eigenvalue weighted by atomic mass is 10.00. The first kappa shape index (κ1) is 15.8. The summed E-state index contributed by atoms with van der Waals surface area (Å²) in [6, 6.07) is 8.63. The van der Waals surface area contributed by atoms with E-state index >= 15 is 0 Å². The summed E-state index contributed by atoms with van der Waals surface area (Å²) in [6.45, 7) is 2.38. The van der Waals surface area contributed by atoms with Crippen molar-refractivity contribution in [3.8, 4) is 0 Å². The number of hydrogen-bond donors (Lipinski definition) is 2. The molecule has 0 saturated carbocycles. The van der Waals surface area contributed by atoms with E-state index in [4.69, 9.17) is 11.6 Å². The molecular weight excluding hydrogens is 272 g/mol. The molecule has 1 fully saturated rings. The van der Waals surface area contributed by atoms with Crippen molar-refractivity contribution in [1.82, 2.24) is 10.2 Å². The average Bonchev–Trinajstić information content (AvgIpc) is 2.50.